The lowest BCUT2D eigenvalue weighted by atomic mass is 10.0. The Bertz CT molecular complexity index is 464. The quantitative estimate of drug-likeness (QED) is 0.873. The highest BCUT2D eigenvalue weighted by Gasteiger charge is 2.33. The third-order valence-corrected chi connectivity index (χ3v) is 3.20. The van der Waals surface area contributed by atoms with Crippen LogP contribution >= 0.6 is 11.8 Å². The van der Waals surface area contributed by atoms with Crippen LogP contribution in [0, 0.1) is 0 Å². The van der Waals surface area contributed by atoms with Crippen LogP contribution in [0.15, 0.2) is 24.3 Å². The van der Waals surface area contributed by atoms with E-state index in [1.165, 1.54) is 25.1 Å². The largest absolute Gasteiger partial charge is 0.573 e. The SMILES string of the molecule is CC(=O)SCC(O)C(O)c1ccccc1OC(F)(F)F. The molecule has 2 atom stereocenters. The highest BCUT2D eigenvalue weighted by Crippen LogP contribution is 2.32. The Balaban J connectivity index is 2.86. The molecule has 0 amide bonds. The third kappa shape index (κ3) is 5.40. The van der Waals surface area contributed by atoms with Crippen molar-refractivity contribution in [2.75, 3.05) is 5.75 Å². The van der Waals surface area contributed by atoms with Gasteiger partial charge >= 0.3 is 6.36 Å². The van der Waals surface area contributed by atoms with E-state index in [1.807, 2.05) is 0 Å². The van der Waals surface area contributed by atoms with Gasteiger partial charge in [0.1, 0.15) is 11.9 Å². The molecule has 0 aliphatic heterocycles. The van der Waals surface area contributed by atoms with E-state index < -0.39 is 24.3 Å². The molecule has 1 aromatic rings. The molecular weight excluding hydrogens is 297 g/mol. The van der Waals surface area contributed by atoms with Crippen LogP contribution in [0.1, 0.15) is 18.6 Å². The average molecular weight is 310 g/mol. The third-order valence-electron chi connectivity index (χ3n) is 2.29. The van der Waals surface area contributed by atoms with Crippen molar-refractivity contribution in [1.29, 1.82) is 0 Å². The molecule has 0 aromatic heterocycles. The van der Waals surface area contributed by atoms with Gasteiger partial charge in [-0.3, -0.25) is 4.79 Å². The Morgan fingerprint density at radius 3 is 2.50 bits per heavy atom. The molecule has 1 aromatic carbocycles. The number of hydrogen-bond donors (Lipinski definition) is 2. The van der Waals surface area contributed by atoms with E-state index in [-0.39, 0.29) is 16.4 Å². The maximum absolute atomic E-state index is 12.2. The maximum atomic E-state index is 12.2. The molecule has 2 unspecified atom stereocenters. The van der Waals surface area contributed by atoms with Crippen molar-refractivity contribution < 1.29 is 32.9 Å². The standard InChI is InChI=1S/C12H13F3O4S/c1-7(16)20-6-9(17)11(18)8-4-2-3-5-10(8)19-12(13,14)15/h2-5,9,11,17-18H,6H2,1H3. The normalized spacial score (nSPS) is 14.7. The first-order chi connectivity index (χ1) is 9.20. The molecule has 0 saturated heterocycles. The van der Waals surface area contributed by atoms with Crippen LogP contribution in [-0.4, -0.2) is 33.5 Å². The second kappa shape index (κ2) is 6.96. The van der Waals surface area contributed by atoms with E-state index in [4.69, 9.17) is 0 Å². The molecule has 0 heterocycles. The molecule has 0 spiro atoms. The summed E-state index contributed by atoms with van der Waals surface area (Å²) in [5.74, 6) is -0.712. The summed E-state index contributed by atoms with van der Waals surface area (Å²) < 4.78 is 40.5. The van der Waals surface area contributed by atoms with Crippen molar-refractivity contribution in [3.8, 4) is 5.75 Å². The first-order valence-electron chi connectivity index (χ1n) is 5.55. The van der Waals surface area contributed by atoms with Crippen LogP contribution in [0.25, 0.3) is 0 Å². The Morgan fingerprint density at radius 1 is 1.35 bits per heavy atom. The van der Waals surface area contributed by atoms with Gasteiger partial charge in [-0.25, -0.2) is 0 Å². The van der Waals surface area contributed by atoms with E-state index in [1.54, 1.807) is 0 Å². The van der Waals surface area contributed by atoms with Crippen LogP contribution in [-0.2, 0) is 4.79 Å². The topological polar surface area (TPSA) is 66.8 Å². The first-order valence-corrected chi connectivity index (χ1v) is 6.53. The Labute approximate surface area is 117 Å². The lowest BCUT2D eigenvalue weighted by Crippen LogP contribution is -2.24. The molecule has 0 radical (unpaired) electrons. The summed E-state index contributed by atoms with van der Waals surface area (Å²) in [6.45, 7) is 1.28. The zero-order valence-electron chi connectivity index (χ0n) is 10.4. The highest BCUT2D eigenvalue weighted by atomic mass is 32.2. The fourth-order valence-electron chi connectivity index (χ4n) is 1.44. The smallest absolute Gasteiger partial charge is 0.405 e. The summed E-state index contributed by atoms with van der Waals surface area (Å²) in [5.41, 5.74) is -0.193. The van der Waals surface area contributed by atoms with Crippen molar-refractivity contribution in [2.24, 2.45) is 0 Å². The van der Waals surface area contributed by atoms with E-state index in [0.29, 0.717) is 0 Å². The number of carbonyl (C=O) groups excluding carboxylic acids is 1. The van der Waals surface area contributed by atoms with Gasteiger partial charge in [0.15, 0.2) is 5.12 Å². The summed E-state index contributed by atoms with van der Waals surface area (Å²) in [6, 6.07) is 4.98. The molecule has 0 saturated carbocycles. The maximum Gasteiger partial charge on any atom is 0.573 e. The molecular formula is C12H13F3O4S. The Hall–Kier alpha value is -1.25. The van der Waals surface area contributed by atoms with Crippen LogP contribution in [0.3, 0.4) is 0 Å². The highest BCUT2D eigenvalue weighted by molar-refractivity contribution is 8.13. The van der Waals surface area contributed by atoms with Gasteiger partial charge in [-0.15, -0.1) is 13.2 Å². The van der Waals surface area contributed by atoms with Gasteiger partial charge in [-0.1, -0.05) is 30.0 Å². The molecule has 8 heteroatoms. The summed E-state index contributed by atoms with van der Waals surface area (Å²) in [6.07, 6.45) is -7.86. The van der Waals surface area contributed by atoms with Crippen molar-refractivity contribution in [3.05, 3.63) is 29.8 Å². The van der Waals surface area contributed by atoms with E-state index in [9.17, 15) is 28.2 Å². The number of carbonyl (C=O) groups is 1. The lowest BCUT2D eigenvalue weighted by Gasteiger charge is -2.20. The molecule has 2 N–H and O–H groups in total. The summed E-state index contributed by atoms with van der Waals surface area (Å²) in [4.78, 5) is 10.8. The minimum atomic E-state index is -4.89. The number of halogens is 3. The van der Waals surface area contributed by atoms with Crippen molar-refractivity contribution in [1.82, 2.24) is 0 Å². The zero-order chi connectivity index (χ0) is 15.3. The van der Waals surface area contributed by atoms with Gasteiger partial charge in [0, 0.05) is 18.2 Å². The summed E-state index contributed by atoms with van der Waals surface area (Å²) in [5, 5.41) is 19.3. The summed E-state index contributed by atoms with van der Waals surface area (Å²) >= 11 is 0.769. The van der Waals surface area contributed by atoms with Crippen molar-refractivity contribution >= 4 is 16.9 Å². The lowest BCUT2D eigenvalue weighted by molar-refractivity contribution is -0.275. The Kier molecular flexibility index (Phi) is 5.85. The minimum absolute atomic E-state index is 0.128. The Morgan fingerprint density at radius 2 is 1.95 bits per heavy atom. The number of thioether (sulfide) groups is 1. The van der Waals surface area contributed by atoms with E-state index in [0.717, 1.165) is 17.8 Å². The number of benzene rings is 1. The minimum Gasteiger partial charge on any atom is -0.405 e. The van der Waals surface area contributed by atoms with Crippen molar-refractivity contribution in [3.63, 3.8) is 0 Å². The molecule has 4 nitrogen and oxygen atoms in total. The van der Waals surface area contributed by atoms with Crippen LogP contribution in [0.2, 0.25) is 0 Å². The second-order valence-corrected chi connectivity index (χ2v) is 5.10. The number of alkyl halides is 3. The van der Waals surface area contributed by atoms with Crippen LogP contribution in [0.5, 0.6) is 5.75 Å². The van der Waals surface area contributed by atoms with Crippen LogP contribution in [0.4, 0.5) is 13.2 Å². The van der Waals surface area contributed by atoms with Gasteiger partial charge in [-0.05, 0) is 6.07 Å². The predicted octanol–water partition coefficient (Wildman–Crippen LogP) is 2.26. The van der Waals surface area contributed by atoms with E-state index in [2.05, 4.69) is 4.74 Å². The number of rotatable bonds is 5. The number of aliphatic hydroxyl groups is 2. The van der Waals surface area contributed by atoms with Crippen molar-refractivity contribution in [2.45, 2.75) is 25.5 Å². The van der Waals surface area contributed by atoms with Gasteiger partial charge in [0.2, 0.25) is 0 Å². The molecule has 0 bridgehead atoms. The van der Waals surface area contributed by atoms with Gasteiger partial charge in [-0.2, -0.15) is 0 Å². The number of para-hydroxylation sites is 1. The predicted molar refractivity (Wildman–Crippen MR) is 67.2 cm³/mol. The van der Waals surface area contributed by atoms with Crippen LogP contribution < -0.4 is 4.74 Å². The number of aliphatic hydroxyl groups excluding tert-OH is 2. The first kappa shape index (κ1) is 16.8. The monoisotopic (exact) mass is 310 g/mol. The number of hydrogen-bond acceptors (Lipinski definition) is 5. The average Bonchev–Trinajstić information content (AvgIpc) is 2.33. The molecule has 1 rings (SSSR count). The molecule has 0 aliphatic carbocycles. The fraction of sp³-hybridized carbons (Fsp3) is 0.417. The molecule has 20 heavy (non-hydrogen) atoms. The zero-order valence-corrected chi connectivity index (χ0v) is 11.2. The van der Waals surface area contributed by atoms with E-state index >= 15 is 0 Å². The summed E-state index contributed by atoms with van der Waals surface area (Å²) in [7, 11) is 0. The second-order valence-electron chi connectivity index (χ2n) is 3.90. The van der Waals surface area contributed by atoms with Gasteiger partial charge in [0.05, 0.1) is 6.10 Å². The molecule has 112 valence electrons. The fourth-order valence-corrected chi connectivity index (χ4v) is 2.03. The van der Waals surface area contributed by atoms with Gasteiger partial charge in [0.25, 0.3) is 0 Å². The number of ether oxygens (including phenoxy) is 1. The van der Waals surface area contributed by atoms with Gasteiger partial charge < -0.3 is 14.9 Å². The molecule has 0 fully saturated rings. The molecule has 0 aliphatic rings.